The van der Waals surface area contributed by atoms with Crippen LogP contribution in [-0.4, -0.2) is 5.78 Å². The van der Waals surface area contributed by atoms with E-state index in [0.29, 0.717) is 11.6 Å². The molecular weight excluding hydrogens is 241 g/mol. The molecule has 92 valence electrons. The summed E-state index contributed by atoms with van der Waals surface area (Å²) in [4.78, 5) is 11.8. The Kier molecular flexibility index (Phi) is 3.46. The fourth-order valence-electron chi connectivity index (χ4n) is 1.65. The third-order valence-electron chi connectivity index (χ3n) is 2.44. The van der Waals surface area contributed by atoms with Crippen LogP contribution in [0.15, 0.2) is 42.5 Å². The van der Waals surface area contributed by atoms with Gasteiger partial charge in [0, 0.05) is 18.1 Å². The van der Waals surface area contributed by atoms with E-state index in [1.807, 2.05) is 0 Å². The summed E-state index contributed by atoms with van der Waals surface area (Å²) in [5.74, 6) is -2.53. The van der Waals surface area contributed by atoms with E-state index in [1.54, 1.807) is 6.07 Å². The van der Waals surface area contributed by atoms with Crippen LogP contribution >= 0.6 is 0 Å². The second-order valence-corrected chi connectivity index (χ2v) is 3.89. The normalized spacial score (nSPS) is 10.4. The molecule has 0 N–H and O–H groups in total. The monoisotopic (exact) mass is 250 g/mol. The minimum absolute atomic E-state index is 0.0586. The van der Waals surface area contributed by atoms with E-state index in [4.69, 9.17) is 0 Å². The summed E-state index contributed by atoms with van der Waals surface area (Å²) in [7, 11) is 0. The minimum Gasteiger partial charge on any atom is -0.294 e. The number of hydrogen-bond acceptors (Lipinski definition) is 1. The van der Waals surface area contributed by atoms with Gasteiger partial charge in [-0.1, -0.05) is 12.1 Å². The molecule has 0 fully saturated rings. The van der Waals surface area contributed by atoms with Crippen molar-refractivity contribution in [3.8, 4) is 0 Å². The molecule has 0 aliphatic heterocycles. The van der Waals surface area contributed by atoms with Crippen LogP contribution in [0.4, 0.5) is 13.2 Å². The zero-order valence-corrected chi connectivity index (χ0v) is 9.29. The Balaban J connectivity index is 2.22. The quantitative estimate of drug-likeness (QED) is 0.761. The van der Waals surface area contributed by atoms with Crippen LogP contribution in [0, 0.1) is 17.5 Å². The van der Waals surface area contributed by atoms with Gasteiger partial charge in [-0.05, 0) is 29.8 Å². The van der Waals surface area contributed by atoms with Crippen LogP contribution in [-0.2, 0) is 6.42 Å². The fraction of sp³-hybridized carbons (Fsp3) is 0.0714. The van der Waals surface area contributed by atoms with Crippen molar-refractivity contribution in [2.24, 2.45) is 0 Å². The molecule has 1 nitrogen and oxygen atoms in total. The van der Waals surface area contributed by atoms with Crippen molar-refractivity contribution in [1.29, 1.82) is 0 Å². The van der Waals surface area contributed by atoms with Gasteiger partial charge in [0.15, 0.2) is 5.78 Å². The average Bonchev–Trinajstić information content (AvgIpc) is 2.27. The molecule has 4 heteroatoms. The van der Waals surface area contributed by atoms with Crippen molar-refractivity contribution in [3.63, 3.8) is 0 Å². The molecule has 0 spiro atoms. The third-order valence-corrected chi connectivity index (χ3v) is 2.44. The number of hydrogen-bond donors (Lipinski definition) is 0. The van der Waals surface area contributed by atoms with Crippen molar-refractivity contribution in [2.75, 3.05) is 0 Å². The predicted octanol–water partition coefficient (Wildman–Crippen LogP) is 3.53. The van der Waals surface area contributed by atoms with E-state index in [1.165, 1.54) is 18.2 Å². The van der Waals surface area contributed by atoms with E-state index >= 15 is 0 Å². The van der Waals surface area contributed by atoms with Gasteiger partial charge in [0.1, 0.15) is 17.5 Å². The zero-order valence-electron chi connectivity index (χ0n) is 9.29. The largest absolute Gasteiger partial charge is 0.294 e. The standard InChI is InChI=1S/C14H9F3O/c15-11-3-1-2-9(4-11)5-14(18)10-6-12(16)8-13(17)7-10/h1-4,6-8H,5H2. The van der Waals surface area contributed by atoms with E-state index < -0.39 is 23.2 Å². The van der Waals surface area contributed by atoms with Gasteiger partial charge in [-0.25, -0.2) is 13.2 Å². The van der Waals surface area contributed by atoms with Gasteiger partial charge < -0.3 is 0 Å². The molecule has 0 saturated heterocycles. The van der Waals surface area contributed by atoms with Gasteiger partial charge in [0.05, 0.1) is 0 Å². The van der Waals surface area contributed by atoms with Gasteiger partial charge in [0.2, 0.25) is 0 Å². The zero-order chi connectivity index (χ0) is 13.1. The number of rotatable bonds is 3. The molecule has 0 atom stereocenters. The summed E-state index contributed by atoms with van der Waals surface area (Å²) >= 11 is 0. The smallest absolute Gasteiger partial charge is 0.167 e. The van der Waals surface area contributed by atoms with Gasteiger partial charge in [-0.3, -0.25) is 4.79 Å². The Bertz CT molecular complexity index is 573. The Morgan fingerprint density at radius 2 is 1.56 bits per heavy atom. The summed E-state index contributed by atoms with van der Waals surface area (Å²) in [5.41, 5.74) is 0.404. The van der Waals surface area contributed by atoms with Crippen LogP contribution in [0.1, 0.15) is 15.9 Å². The number of carbonyl (C=O) groups is 1. The second kappa shape index (κ2) is 5.04. The van der Waals surface area contributed by atoms with Crippen LogP contribution in [0.5, 0.6) is 0 Å². The first-order chi connectivity index (χ1) is 8.54. The van der Waals surface area contributed by atoms with E-state index in [-0.39, 0.29) is 12.0 Å². The SMILES string of the molecule is O=C(Cc1cccc(F)c1)c1cc(F)cc(F)c1. The van der Waals surface area contributed by atoms with Crippen molar-refractivity contribution in [1.82, 2.24) is 0 Å². The Morgan fingerprint density at radius 3 is 2.17 bits per heavy atom. The molecule has 0 aromatic heterocycles. The van der Waals surface area contributed by atoms with E-state index in [9.17, 15) is 18.0 Å². The summed E-state index contributed by atoms with van der Waals surface area (Å²) in [6.45, 7) is 0. The molecular formula is C14H9F3O. The fourth-order valence-corrected chi connectivity index (χ4v) is 1.65. The molecule has 0 radical (unpaired) electrons. The van der Waals surface area contributed by atoms with E-state index in [2.05, 4.69) is 0 Å². The third kappa shape index (κ3) is 2.97. The van der Waals surface area contributed by atoms with E-state index in [0.717, 1.165) is 12.1 Å². The Morgan fingerprint density at radius 1 is 0.889 bits per heavy atom. The first-order valence-electron chi connectivity index (χ1n) is 5.28. The lowest BCUT2D eigenvalue weighted by molar-refractivity contribution is 0.0992. The maximum Gasteiger partial charge on any atom is 0.167 e. The van der Waals surface area contributed by atoms with Gasteiger partial charge in [0.25, 0.3) is 0 Å². The number of ketones is 1. The Labute approximate surface area is 102 Å². The molecule has 0 amide bonds. The Hall–Kier alpha value is -2.10. The van der Waals surface area contributed by atoms with Gasteiger partial charge in [-0.2, -0.15) is 0 Å². The van der Waals surface area contributed by atoms with Gasteiger partial charge in [-0.15, -0.1) is 0 Å². The molecule has 2 aromatic carbocycles. The van der Waals surface area contributed by atoms with Crippen LogP contribution in [0.2, 0.25) is 0 Å². The number of benzene rings is 2. The summed E-state index contributed by atoms with van der Waals surface area (Å²) in [5, 5.41) is 0. The molecule has 0 saturated carbocycles. The lowest BCUT2D eigenvalue weighted by atomic mass is 10.0. The molecule has 0 aliphatic rings. The summed E-state index contributed by atoms with van der Waals surface area (Å²) in [6, 6.07) is 8.15. The molecule has 18 heavy (non-hydrogen) atoms. The van der Waals surface area contributed by atoms with Crippen molar-refractivity contribution < 1.29 is 18.0 Å². The summed E-state index contributed by atoms with van der Waals surface area (Å²) in [6.07, 6.45) is -0.0966. The minimum atomic E-state index is -0.808. The molecule has 2 aromatic rings. The number of carbonyl (C=O) groups excluding carboxylic acids is 1. The van der Waals surface area contributed by atoms with Crippen molar-refractivity contribution in [2.45, 2.75) is 6.42 Å². The first-order valence-corrected chi connectivity index (χ1v) is 5.28. The number of Topliss-reactive ketones (excluding diaryl/α,β-unsaturated/α-hetero) is 1. The molecule has 2 rings (SSSR count). The van der Waals surface area contributed by atoms with Crippen LogP contribution in [0.3, 0.4) is 0 Å². The predicted molar refractivity (Wildman–Crippen MR) is 60.8 cm³/mol. The van der Waals surface area contributed by atoms with Crippen LogP contribution in [0.25, 0.3) is 0 Å². The lowest BCUT2D eigenvalue weighted by Crippen LogP contribution is -2.05. The first kappa shape index (κ1) is 12.4. The van der Waals surface area contributed by atoms with Crippen LogP contribution < -0.4 is 0 Å². The number of halogens is 3. The topological polar surface area (TPSA) is 17.1 Å². The van der Waals surface area contributed by atoms with Crippen molar-refractivity contribution >= 4 is 5.78 Å². The second-order valence-electron chi connectivity index (χ2n) is 3.89. The molecule has 0 heterocycles. The summed E-state index contributed by atoms with van der Waals surface area (Å²) < 4.78 is 38.8. The maximum atomic E-state index is 12.9. The van der Waals surface area contributed by atoms with Crippen molar-refractivity contribution in [3.05, 3.63) is 71.0 Å². The molecule has 0 aliphatic carbocycles. The highest BCUT2D eigenvalue weighted by Gasteiger charge is 2.10. The molecule has 0 bridgehead atoms. The lowest BCUT2D eigenvalue weighted by Gasteiger charge is -2.02. The average molecular weight is 250 g/mol. The highest BCUT2D eigenvalue weighted by Crippen LogP contribution is 2.12. The highest BCUT2D eigenvalue weighted by atomic mass is 19.1. The molecule has 0 unspecified atom stereocenters. The highest BCUT2D eigenvalue weighted by molar-refractivity contribution is 5.97. The van der Waals surface area contributed by atoms with Gasteiger partial charge >= 0.3 is 0 Å². The maximum absolute atomic E-state index is 12.9.